The molecule has 0 atom stereocenters. The predicted molar refractivity (Wildman–Crippen MR) is 71.3 cm³/mol. The average Bonchev–Trinajstić information content (AvgIpc) is 2.24. The molecular weight excluding hydrogens is 287 g/mol. The lowest BCUT2D eigenvalue weighted by Gasteiger charge is -2.21. The third-order valence-corrected chi connectivity index (χ3v) is 2.37. The normalized spacial score (nSPS) is 12.0. The predicted octanol–water partition coefficient (Wildman–Crippen LogP) is 4.26. The number of ketones is 1. The van der Waals surface area contributed by atoms with E-state index in [1.54, 1.807) is 20.8 Å². The van der Waals surface area contributed by atoms with Crippen molar-refractivity contribution < 1.29 is 27.5 Å². The Balaban J connectivity index is 3.12. The van der Waals surface area contributed by atoms with Gasteiger partial charge in [0.2, 0.25) is 0 Å². The fraction of sp³-hybridized carbons (Fsp3) is 0.429. The average molecular weight is 303 g/mol. The summed E-state index contributed by atoms with van der Waals surface area (Å²) in [6.07, 6.45) is -5.70. The summed E-state index contributed by atoms with van der Waals surface area (Å²) in [6.45, 7) is 5.94. The molecule has 0 aliphatic carbocycles. The van der Waals surface area contributed by atoms with Gasteiger partial charge in [-0.05, 0) is 45.9 Å². The molecule has 1 aromatic carbocycles. The molecule has 0 bridgehead atoms. The van der Waals surface area contributed by atoms with E-state index in [2.05, 4.69) is 0 Å². The number of amides is 1. The third kappa shape index (κ3) is 5.09. The number of nitrogens with one attached hydrogen (secondary N) is 1. The summed E-state index contributed by atoms with van der Waals surface area (Å²) in [5.41, 5.74) is -2.47. The summed E-state index contributed by atoms with van der Waals surface area (Å²) in [7, 11) is 0. The molecule has 1 aromatic rings. The molecule has 0 aromatic heterocycles. The van der Waals surface area contributed by atoms with Crippen LogP contribution in [0.3, 0.4) is 0 Å². The summed E-state index contributed by atoms with van der Waals surface area (Å²) in [6, 6.07) is 2.95. The van der Waals surface area contributed by atoms with Gasteiger partial charge >= 0.3 is 12.3 Å². The van der Waals surface area contributed by atoms with Crippen LogP contribution in [0.25, 0.3) is 0 Å². The molecule has 0 aliphatic rings. The fourth-order valence-corrected chi connectivity index (χ4v) is 1.52. The number of rotatable bonds is 2. The van der Waals surface area contributed by atoms with Crippen LogP contribution in [0, 0.1) is 0 Å². The maximum absolute atomic E-state index is 13.0. The van der Waals surface area contributed by atoms with E-state index in [0.717, 1.165) is 13.0 Å². The molecule has 0 radical (unpaired) electrons. The van der Waals surface area contributed by atoms with E-state index >= 15 is 0 Å². The van der Waals surface area contributed by atoms with E-state index in [9.17, 15) is 22.8 Å². The maximum Gasteiger partial charge on any atom is 0.418 e. The minimum absolute atomic E-state index is 0.0861. The van der Waals surface area contributed by atoms with Gasteiger partial charge in [0.1, 0.15) is 5.60 Å². The lowest BCUT2D eigenvalue weighted by molar-refractivity contribution is -0.136. The number of carbonyl (C=O) groups is 2. The summed E-state index contributed by atoms with van der Waals surface area (Å²) in [4.78, 5) is 22.7. The molecule has 1 amide bonds. The fourth-order valence-electron chi connectivity index (χ4n) is 1.52. The number of benzene rings is 1. The van der Waals surface area contributed by atoms with Crippen molar-refractivity contribution in [2.45, 2.75) is 39.5 Å². The zero-order valence-corrected chi connectivity index (χ0v) is 12.1. The number of carbonyl (C=O) groups excluding carboxylic acids is 2. The van der Waals surface area contributed by atoms with Crippen molar-refractivity contribution in [1.82, 2.24) is 0 Å². The van der Waals surface area contributed by atoms with Crippen LogP contribution in [0.4, 0.5) is 23.7 Å². The van der Waals surface area contributed by atoms with Gasteiger partial charge in [-0.2, -0.15) is 13.2 Å². The van der Waals surface area contributed by atoms with Crippen molar-refractivity contribution in [3.8, 4) is 0 Å². The highest BCUT2D eigenvalue weighted by Crippen LogP contribution is 2.35. The molecule has 1 rings (SSSR count). The molecule has 4 nitrogen and oxygen atoms in total. The zero-order valence-electron chi connectivity index (χ0n) is 12.1. The quantitative estimate of drug-likeness (QED) is 0.831. The van der Waals surface area contributed by atoms with Gasteiger partial charge < -0.3 is 4.74 Å². The zero-order chi connectivity index (χ0) is 16.4. The first kappa shape index (κ1) is 17.0. The number of hydrogen-bond acceptors (Lipinski definition) is 3. The molecule has 0 unspecified atom stereocenters. The number of Topliss-reactive ketones (excluding diaryl/α,β-unsaturated/α-hetero) is 1. The molecule has 0 aliphatic heterocycles. The summed E-state index contributed by atoms with van der Waals surface area (Å²) >= 11 is 0. The monoisotopic (exact) mass is 303 g/mol. The van der Waals surface area contributed by atoms with Crippen LogP contribution in [-0.2, 0) is 10.9 Å². The van der Waals surface area contributed by atoms with Crippen LogP contribution in [0.5, 0.6) is 0 Å². The molecule has 21 heavy (non-hydrogen) atoms. The largest absolute Gasteiger partial charge is 0.444 e. The Morgan fingerprint density at radius 3 is 2.14 bits per heavy atom. The lowest BCUT2D eigenvalue weighted by Crippen LogP contribution is -2.28. The Bertz CT molecular complexity index is 560. The maximum atomic E-state index is 13.0. The van der Waals surface area contributed by atoms with Crippen LogP contribution < -0.4 is 5.32 Å². The van der Waals surface area contributed by atoms with Gasteiger partial charge in [0.05, 0.1) is 11.3 Å². The van der Waals surface area contributed by atoms with Crippen LogP contribution in [0.1, 0.15) is 43.6 Å². The van der Waals surface area contributed by atoms with Gasteiger partial charge in [0.15, 0.2) is 5.78 Å². The highest BCUT2D eigenvalue weighted by molar-refractivity contribution is 5.95. The molecule has 0 fully saturated rings. The van der Waals surface area contributed by atoms with E-state index in [1.807, 2.05) is 5.32 Å². The second-order valence-corrected chi connectivity index (χ2v) is 5.44. The number of halogens is 3. The minimum atomic E-state index is -4.70. The second kappa shape index (κ2) is 5.75. The van der Waals surface area contributed by atoms with Crippen molar-refractivity contribution in [3.05, 3.63) is 29.3 Å². The molecule has 116 valence electrons. The Labute approximate surface area is 120 Å². The lowest BCUT2D eigenvalue weighted by atomic mass is 10.1. The third-order valence-electron chi connectivity index (χ3n) is 2.37. The first-order valence-electron chi connectivity index (χ1n) is 6.12. The van der Waals surface area contributed by atoms with E-state index in [1.165, 1.54) is 6.07 Å². The number of ether oxygens (including phenoxy) is 1. The van der Waals surface area contributed by atoms with Crippen LogP contribution in [-0.4, -0.2) is 17.5 Å². The summed E-state index contributed by atoms with van der Waals surface area (Å²) in [5.74, 6) is -0.496. The van der Waals surface area contributed by atoms with Crippen molar-refractivity contribution in [2.75, 3.05) is 5.32 Å². The molecule has 0 heterocycles. The second-order valence-electron chi connectivity index (χ2n) is 5.44. The van der Waals surface area contributed by atoms with E-state index in [0.29, 0.717) is 6.07 Å². The Kier molecular flexibility index (Phi) is 4.65. The molecular formula is C14H16F3NO3. The summed E-state index contributed by atoms with van der Waals surface area (Å²) < 4.78 is 43.8. The highest BCUT2D eigenvalue weighted by Gasteiger charge is 2.35. The standard InChI is InChI=1S/C14H16F3NO3/c1-8(19)9-5-6-11(10(7-9)14(15,16)17)18-12(20)21-13(2,3)4/h5-7H,1-4H3,(H,18,20). The highest BCUT2D eigenvalue weighted by atomic mass is 19.4. The first-order valence-corrected chi connectivity index (χ1v) is 6.12. The van der Waals surface area contributed by atoms with Crippen molar-refractivity contribution >= 4 is 17.6 Å². The van der Waals surface area contributed by atoms with E-state index in [-0.39, 0.29) is 5.56 Å². The van der Waals surface area contributed by atoms with E-state index in [4.69, 9.17) is 4.74 Å². The van der Waals surface area contributed by atoms with Gasteiger partial charge in [-0.3, -0.25) is 10.1 Å². The van der Waals surface area contributed by atoms with Crippen LogP contribution in [0.2, 0.25) is 0 Å². The van der Waals surface area contributed by atoms with Gasteiger partial charge in [-0.25, -0.2) is 4.79 Å². The smallest absolute Gasteiger partial charge is 0.418 e. The Morgan fingerprint density at radius 2 is 1.71 bits per heavy atom. The topological polar surface area (TPSA) is 55.4 Å². The first-order chi connectivity index (χ1) is 9.40. The molecule has 0 saturated carbocycles. The molecule has 0 spiro atoms. The Morgan fingerprint density at radius 1 is 1.14 bits per heavy atom. The number of hydrogen-bond donors (Lipinski definition) is 1. The van der Waals surface area contributed by atoms with Crippen molar-refractivity contribution in [1.29, 1.82) is 0 Å². The molecule has 1 N–H and O–H groups in total. The molecule has 7 heteroatoms. The molecule has 0 saturated heterocycles. The van der Waals surface area contributed by atoms with Crippen LogP contribution in [0.15, 0.2) is 18.2 Å². The van der Waals surface area contributed by atoms with E-state index < -0.39 is 34.9 Å². The number of alkyl halides is 3. The van der Waals surface area contributed by atoms with Crippen LogP contribution >= 0.6 is 0 Å². The summed E-state index contributed by atoms with van der Waals surface area (Å²) in [5, 5.41) is 2.05. The number of anilines is 1. The van der Waals surface area contributed by atoms with Gasteiger partial charge in [-0.1, -0.05) is 0 Å². The van der Waals surface area contributed by atoms with Gasteiger partial charge in [0.25, 0.3) is 0 Å². The Hall–Kier alpha value is -2.05. The van der Waals surface area contributed by atoms with Gasteiger partial charge in [0, 0.05) is 5.56 Å². The van der Waals surface area contributed by atoms with Gasteiger partial charge in [-0.15, -0.1) is 0 Å². The minimum Gasteiger partial charge on any atom is -0.444 e. The SMILES string of the molecule is CC(=O)c1ccc(NC(=O)OC(C)(C)C)c(C(F)(F)F)c1. The van der Waals surface area contributed by atoms with Crippen molar-refractivity contribution in [2.24, 2.45) is 0 Å². The van der Waals surface area contributed by atoms with Crippen molar-refractivity contribution in [3.63, 3.8) is 0 Å².